The van der Waals surface area contributed by atoms with Gasteiger partial charge in [-0.2, -0.15) is 0 Å². The highest BCUT2D eigenvalue weighted by atomic mass is 79.9. The predicted octanol–water partition coefficient (Wildman–Crippen LogP) is 3.84. The molecular formula is C16H19BrN2O. The van der Waals surface area contributed by atoms with Crippen molar-refractivity contribution in [2.45, 2.75) is 13.3 Å². The summed E-state index contributed by atoms with van der Waals surface area (Å²) >= 11 is 3.47. The van der Waals surface area contributed by atoms with Crippen LogP contribution in [-0.2, 0) is 6.42 Å². The average Bonchev–Trinajstić information content (AvgIpc) is 2.48. The highest BCUT2D eigenvalue weighted by Crippen LogP contribution is 2.19. The molecule has 106 valence electrons. The van der Waals surface area contributed by atoms with Crippen molar-refractivity contribution in [1.29, 1.82) is 0 Å². The molecule has 0 radical (unpaired) electrons. The molecule has 1 aromatic carbocycles. The number of anilines is 1. The summed E-state index contributed by atoms with van der Waals surface area (Å²) in [4.78, 5) is 6.74. The second-order valence-corrected chi connectivity index (χ2v) is 5.61. The standard InChI is InChI=1S/C16H19BrN2O/c1-12-15(17)8-9-16(18-12)19(2)11-10-13-4-6-14(20-3)7-5-13/h4-9H,10-11H2,1-3H3. The molecule has 0 N–H and O–H groups in total. The van der Waals surface area contributed by atoms with Gasteiger partial charge in [0.05, 0.1) is 12.8 Å². The van der Waals surface area contributed by atoms with Gasteiger partial charge in [-0.1, -0.05) is 12.1 Å². The molecule has 0 amide bonds. The maximum absolute atomic E-state index is 5.16. The van der Waals surface area contributed by atoms with Crippen molar-refractivity contribution in [3.05, 3.63) is 52.1 Å². The zero-order valence-electron chi connectivity index (χ0n) is 12.1. The van der Waals surface area contributed by atoms with Crippen molar-refractivity contribution in [2.24, 2.45) is 0 Å². The number of methoxy groups -OCH3 is 1. The normalized spacial score (nSPS) is 10.4. The number of hydrogen-bond donors (Lipinski definition) is 0. The molecule has 0 unspecified atom stereocenters. The summed E-state index contributed by atoms with van der Waals surface area (Å²) in [6.07, 6.45) is 0.983. The van der Waals surface area contributed by atoms with E-state index in [4.69, 9.17) is 4.74 Å². The molecule has 0 bridgehead atoms. The van der Waals surface area contributed by atoms with E-state index in [0.29, 0.717) is 0 Å². The van der Waals surface area contributed by atoms with Crippen LogP contribution in [-0.4, -0.2) is 25.7 Å². The van der Waals surface area contributed by atoms with Gasteiger partial charge < -0.3 is 9.64 Å². The summed E-state index contributed by atoms with van der Waals surface area (Å²) in [5, 5.41) is 0. The van der Waals surface area contributed by atoms with Crippen LogP contribution in [0, 0.1) is 6.92 Å². The third kappa shape index (κ3) is 3.73. The number of benzene rings is 1. The van der Waals surface area contributed by atoms with Gasteiger partial charge in [0.15, 0.2) is 0 Å². The maximum Gasteiger partial charge on any atom is 0.128 e. The first kappa shape index (κ1) is 14.9. The Hall–Kier alpha value is -1.55. The van der Waals surface area contributed by atoms with E-state index in [1.54, 1.807) is 7.11 Å². The van der Waals surface area contributed by atoms with Gasteiger partial charge in [0, 0.05) is 18.1 Å². The van der Waals surface area contributed by atoms with E-state index in [0.717, 1.165) is 34.7 Å². The van der Waals surface area contributed by atoms with Crippen LogP contribution >= 0.6 is 15.9 Å². The van der Waals surface area contributed by atoms with E-state index in [9.17, 15) is 0 Å². The van der Waals surface area contributed by atoms with Crippen LogP contribution in [0.4, 0.5) is 5.82 Å². The SMILES string of the molecule is COc1ccc(CCN(C)c2ccc(Br)c(C)n2)cc1. The Morgan fingerprint density at radius 2 is 1.85 bits per heavy atom. The number of rotatable bonds is 5. The van der Waals surface area contributed by atoms with Gasteiger partial charge in [-0.15, -0.1) is 0 Å². The van der Waals surface area contributed by atoms with E-state index in [-0.39, 0.29) is 0 Å². The molecule has 4 heteroatoms. The van der Waals surface area contributed by atoms with Crippen LogP contribution in [0.3, 0.4) is 0 Å². The molecule has 0 aliphatic carbocycles. The lowest BCUT2D eigenvalue weighted by Gasteiger charge is -2.19. The van der Waals surface area contributed by atoms with Crippen LogP contribution in [0.15, 0.2) is 40.9 Å². The van der Waals surface area contributed by atoms with Crippen LogP contribution < -0.4 is 9.64 Å². The predicted molar refractivity (Wildman–Crippen MR) is 86.6 cm³/mol. The van der Waals surface area contributed by atoms with E-state index >= 15 is 0 Å². The van der Waals surface area contributed by atoms with Crippen molar-refractivity contribution >= 4 is 21.7 Å². The fourth-order valence-corrected chi connectivity index (χ4v) is 2.17. The average molecular weight is 335 g/mol. The van der Waals surface area contributed by atoms with Crippen LogP contribution in [0.1, 0.15) is 11.3 Å². The minimum Gasteiger partial charge on any atom is -0.497 e. The molecule has 20 heavy (non-hydrogen) atoms. The number of nitrogens with zero attached hydrogens (tertiary/aromatic N) is 2. The highest BCUT2D eigenvalue weighted by Gasteiger charge is 2.05. The minimum atomic E-state index is 0.896. The second kappa shape index (κ2) is 6.75. The Labute approximate surface area is 128 Å². The summed E-state index contributed by atoms with van der Waals surface area (Å²) in [7, 11) is 3.75. The Kier molecular flexibility index (Phi) is 5.01. The number of likely N-dealkylation sites (N-methyl/N-ethyl adjacent to an activating group) is 1. The van der Waals surface area contributed by atoms with E-state index in [2.05, 4.69) is 45.0 Å². The van der Waals surface area contributed by atoms with E-state index in [1.165, 1.54) is 5.56 Å². The molecule has 2 aromatic rings. The first-order valence-corrected chi connectivity index (χ1v) is 7.36. The molecule has 0 atom stereocenters. The first-order chi connectivity index (χ1) is 9.60. The number of hydrogen-bond acceptors (Lipinski definition) is 3. The van der Waals surface area contributed by atoms with Gasteiger partial charge in [0.25, 0.3) is 0 Å². The van der Waals surface area contributed by atoms with Gasteiger partial charge in [0.2, 0.25) is 0 Å². The lowest BCUT2D eigenvalue weighted by molar-refractivity contribution is 0.414. The Bertz CT molecular complexity index is 569. The van der Waals surface area contributed by atoms with Gasteiger partial charge >= 0.3 is 0 Å². The molecule has 0 aliphatic rings. The fourth-order valence-electron chi connectivity index (χ4n) is 1.95. The Morgan fingerprint density at radius 1 is 1.15 bits per heavy atom. The quantitative estimate of drug-likeness (QED) is 0.830. The smallest absolute Gasteiger partial charge is 0.128 e. The van der Waals surface area contributed by atoms with Gasteiger partial charge in [-0.25, -0.2) is 4.98 Å². The molecule has 3 nitrogen and oxygen atoms in total. The first-order valence-electron chi connectivity index (χ1n) is 6.57. The molecular weight excluding hydrogens is 316 g/mol. The number of aromatic nitrogens is 1. The van der Waals surface area contributed by atoms with Crippen molar-refractivity contribution in [2.75, 3.05) is 25.6 Å². The van der Waals surface area contributed by atoms with Crippen molar-refractivity contribution in [3.63, 3.8) is 0 Å². The largest absolute Gasteiger partial charge is 0.497 e. The topological polar surface area (TPSA) is 25.4 Å². The minimum absolute atomic E-state index is 0.896. The summed E-state index contributed by atoms with van der Waals surface area (Å²) in [6.45, 7) is 2.94. The second-order valence-electron chi connectivity index (χ2n) is 4.76. The molecule has 0 aliphatic heterocycles. The number of ether oxygens (including phenoxy) is 1. The Balaban J connectivity index is 1.96. The van der Waals surface area contributed by atoms with Gasteiger partial charge in [-0.3, -0.25) is 0 Å². The highest BCUT2D eigenvalue weighted by molar-refractivity contribution is 9.10. The molecule has 0 saturated heterocycles. The molecule has 1 aromatic heterocycles. The lowest BCUT2D eigenvalue weighted by atomic mass is 10.1. The number of aryl methyl sites for hydroxylation is 1. The summed E-state index contributed by atoms with van der Waals surface area (Å²) < 4.78 is 6.21. The molecule has 0 saturated carbocycles. The van der Waals surface area contributed by atoms with Crippen molar-refractivity contribution < 1.29 is 4.74 Å². The van der Waals surface area contributed by atoms with Crippen molar-refractivity contribution in [1.82, 2.24) is 4.98 Å². The summed E-state index contributed by atoms with van der Waals surface area (Å²) in [5.41, 5.74) is 2.31. The lowest BCUT2D eigenvalue weighted by Crippen LogP contribution is -2.21. The third-order valence-corrected chi connectivity index (χ3v) is 4.13. The monoisotopic (exact) mass is 334 g/mol. The number of halogens is 1. The fraction of sp³-hybridized carbons (Fsp3) is 0.312. The van der Waals surface area contributed by atoms with Crippen LogP contribution in [0.25, 0.3) is 0 Å². The Morgan fingerprint density at radius 3 is 2.45 bits per heavy atom. The third-order valence-electron chi connectivity index (χ3n) is 3.29. The summed E-state index contributed by atoms with van der Waals surface area (Å²) in [5.74, 6) is 1.89. The van der Waals surface area contributed by atoms with E-state index in [1.807, 2.05) is 31.2 Å². The zero-order chi connectivity index (χ0) is 14.5. The van der Waals surface area contributed by atoms with Crippen LogP contribution in [0.5, 0.6) is 5.75 Å². The number of pyridine rings is 1. The van der Waals surface area contributed by atoms with Crippen molar-refractivity contribution in [3.8, 4) is 5.75 Å². The van der Waals surface area contributed by atoms with E-state index < -0.39 is 0 Å². The molecule has 0 spiro atoms. The zero-order valence-corrected chi connectivity index (χ0v) is 13.6. The molecule has 2 rings (SSSR count). The van der Waals surface area contributed by atoms with Gasteiger partial charge in [0.1, 0.15) is 11.6 Å². The maximum atomic E-state index is 5.16. The summed E-state index contributed by atoms with van der Waals surface area (Å²) in [6, 6.07) is 12.3. The molecule has 1 heterocycles. The van der Waals surface area contributed by atoms with Crippen LogP contribution in [0.2, 0.25) is 0 Å². The van der Waals surface area contributed by atoms with Gasteiger partial charge in [-0.05, 0) is 59.1 Å². The molecule has 0 fully saturated rings.